The van der Waals surface area contributed by atoms with Gasteiger partial charge in [0.05, 0.1) is 16.9 Å². The molecule has 4 rings (SSSR count). The maximum Gasteiger partial charge on any atom is 0.391 e. The molecule has 204 valence electrons. The van der Waals surface area contributed by atoms with Crippen LogP contribution in [0.3, 0.4) is 0 Å². The Morgan fingerprint density at radius 2 is 1.79 bits per heavy atom. The van der Waals surface area contributed by atoms with Gasteiger partial charge in [0.2, 0.25) is 0 Å². The van der Waals surface area contributed by atoms with Crippen molar-refractivity contribution >= 4 is 39.0 Å². The van der Waals surface area contributed by atoms with Crippen molar-refractivity contribution in [3.05, 3.63) is 84.2 Å². The Morgan fingerprint density at radius 1 is 1.05 bits per heavy atom. The molecule has 14 heteroatoms. The van der Waals surface area contributed by atoms with Crippen molar-refractivity contribution in [1.82, 2.24) is 4.72 Å². The Labute approximate surface area is 227 Å². The summed E-state index contributed by atoms with van der Waals surface area (Å²) in [7, 11) is -8.91. The third kappa shape index (κ3) is 7.59. The Morgan fingerprint density at radius 3 is 2.51 bits per heavy atom. The predicted molar refractivity (Wildman–Crippen MR) is 140 cm³/mol. The van der Waals surface area contributed by atoms with Crippen LogP contribution in [0.2, 0.25) is 0 Å². The first-order valence-electron chi connectivity index (χ1n) is 11.6. The molecule has 0 aliphatic carbocycles. The molecular weight excluding hydrogens is 571 g/mol. The summed E-state index contributed by atoms with van der Waals surface area (Å²) in [6, 6.07) is 14.3. The van der Waals surface area contributed by atoms with Gasteiger partial charge in [-0.15, -0.1) is 11.3 Å². The van der Waals surface area contributed by atoms with Gasteiger partial charge in [0.1, 0.15) is 46.2 Å². The van der Waals surface area contributed by atoms with Crippen LogP contribution in [0.15, 0.2) is 71.2 Å². The van der Waals surface area contributed by atoms with Gasteiger partial charge >= 0.3 is 7.60 Å². The first-order chi connectivity index (χ1) is 18.6. The fourth-order valence-electron chi connectivity index (χ4n) is 3.52. The quantitative estimate of drug-likeness (QED) is 0.138. The normalized spacial score (nSPS) is 13.1. The molecule has 0 bridgehead atoms. The number of hydrogen-bond acceptors (Lipinski definition) is 7. The highest BCUT2D eigenvalue weighted by Crippen LogP contribution is 2.42. The van der Waals surface area contributed by atoms with Crippen LogP contribution in [0.25, 0.3) is 10.1 Å². The summed E-state index contributed by atoms with van der Waals surface area (Å²) in [5.74, 6) is -1.72. The van der Waals surface area contributed by atoms with E-state index in [1.165, 1.54) is 18.2 Å². The average molecular weight is 595 g/mol. The van der Waals surface area contributed by atoms with Crippen molar-refractivity contribution in [1.29, 1.82) is 5.26 Å². The van der Waals surface area contributed by atoms with Gasteiger partial charge in [-0.2, -0.15) is 9.98 Å². The van der Waals surface area contributed by atoms with Gasteiger partial charge in [-0.05, 0) is 30.7 Å². The molecule has 0 radical (unpaired) electrons. The van der Waals surface area contributed by atoms with E-state index in [4.69, 9.17) is 14.5 Å². The van der Waals surface area contributed by atoms with Gasteiger partial charge in [-0.1, -0.05) is 6.07 Å². The molecule has 2 heterocycles. The standard InChI is InChI=1S/C25H22F2N3O6PS2/c26-22-14-20(7-6-18(22)16-28)36-37(31,32)17-29-39(33,34)24-13-19-12-21(15-23(27)25(19)38-24)35-11-5-4-10-30-8-2-1-3-9-30/h1-3,6-9,12-15,29H,4-5,10-11,17H2/p+1. The van der Waals surface area contributed by atoms with E-state index in [0.29, 0.717) is 23.3 Å². The largest absolute Gasteiger partial charge is 0.493 e. The molecule has 2 N–H and O–H groups in total. The highest BCUT2D eigenvalue weighted by molar-refractivity contribution is 7.92. The van der Waals surface area contributed by atoms with Gasteiger partial charge in [0.25, 0.3) is 10.0 Å². The molecule has 4 aromatic rings. The van der Waals surface area contributed by atoms with Gasteiger partial charge in [0, 0.05) is 36.1 Å². The molecule has 2 aromatic heterocycles. The first kappa shape index (κ1) is 28.6. The van der Waals surface area contributed by atoms with Crippen LogP contribution in [-0.2, 0) is 21.1 Å². The lowest BCUT2D eigenvalue weighted by atomic mass is 10.2. The minimum Gasteiger partial charge on any atom is -0.493 e. The number of hydrogen-bond donors (Lipinski definition) is 2. The summed E-state index contributed by atoms with van der Waals surface area (Å²) >= 11 is 0.654. The monoisotopic (exact) mass is 594 g/mol. The van der Waals surface area contributed by atoms with E-state index in [1.807, 2.05) is 39.9 Å². The van der Waals surface area contributed by atoms with E-state index >= 15 is 0 Å². The van der Waals surface area contributed by atoms with Crippen molar-refractivity contribution in [2.45, 2.75) is 23.6 Å². The summed E-state index contributed by atoms with van der Waals surface area (Å²) in [5.41, 5.74) is -0.288. The van der Waals surface area contributed by atoms with Crippen LogP contribution in [-0.4, -0.2) is 26.2 Å². The number of nitrogens with zero attached hydrogens (tertiary/aromatic N) is 2. The van der Waals surface area contributed by atoms with Gasteiger partial charge in [-0.3, -0.25) is 0 Å². The minimum atomic E-state index is -4.60. The Balaban J connectivity index is 1.37. The number of pyridine rings is 1. The number of aryl methyl sites for hydroxylation is 1. The number of fused-ring (bicyclic) bond motifs is 1. The molecule has 0 saturated carbocycles. The predicted octanol–water partition coefficient (Wildman–Crippen LogP) is 4.70. The number of thiophene rings is 1. The maximum absolute atomic E-state index is 14.7. The zero-order valence-corrected chi connectivity index (χ0v) is 22.8. The minimum absolute atomic E-state index is 0.0830. The zero-order chi connectivity index (χ0) is 28.0. The Hall–Kier alpha value is -3.40. The smallest absolute Gasteiger partial charge is 0.391 e. The molecule has 0 aliphatic rings. The van der Waals surface area contributed by atoms with Crippen molar-refractivity contribution in [2.75, 3.05) is 12.9 Å². The van der Waals surface area contributed by atoms with Crippen molar-refractivity contribution in [3.63, 3.8) is 0 Å². The second-order valence-corrected chi connectivity index (χ2v) is 13.2. The highest BCUT2D eigenvalue weighted by atomic mass is 32.2. The molecule has 0 aliphatic heterocycles. The molecule has 1 atom stereocenters. The third-order valence-corrected chi connectivity index (χ3v) is 9.71. The van der Waals surface area contributed by atoms with Gasteiger partial charge in [-0.25, -0.2) is 26.3 Å². The number of sulfonamides is 1. The summed E-state index contributed by atoms with van der Waals surface area (Å²) in [6.45, 7) is 1.16. The fraction of sp³-hybridized carbons (Fsp3) is 0.200. The molecular formula is C25H23F2N3O6PS2+. The maximum atomic E-state index is 14.7. The molecule has 1 unspecified atom stereocenters. The van der Waals surface area contributed by atoms with Crippen LogP contribution in [0, 0.1) is 23.0 Å². The summed E-state index contributed by atoms with van der Waals surface area (Å²) < 4.78 is 80.6. The lowest BCUT2D eigenvalue weighted by Gasteiger charge is -2.14. The number of benzene rings is 2. The molecule has 0 spiro atoms. The first-order valence-corrected chi connectivity index (χ1v) is 15.6. The molecule has 2 aromatic carbocycles. The number of nitriles is 1. The van der Waals surface area contributed by atoms with Crippen LogP contribution < -0.4 is 18.5 Å². The highest BCUT2D eigenvalue weighted by Gasteiger charge is 2.27. The Kier molecular flexibility index (Phi) is 8.94. The number of aromatic nitrogens is 1. The molecule has 0 amide bonds. The number of ether oxygens (including phenoxy) is 1. The fourth-order valence-corrected chi connectivity index (χ4v) is 7.43. The van der Waals surface area contributed by atoms with Crippen molar-refractivity contribution < 1.29 is 40.5 Å². The molecule has 39 heavy (non-hydrogen) atoms. The molecule has 9 nitrogen and oxygen atoms in total. The summed E-state index contributed by atoms with van der Waals surface area (Å²) in [4.78, 5) is 10.0. The summed E-state index contributed by atoms with van der Waals surface area (Å²) in [6.07, 6.45) is 4.48. The number of unbranched alkanes of at least 4 members (excludes halogenated alkanes) is 1. The van der Waals surface area contributed by atoms with E-state index in [-0.39, 0.29) is 26.0 Å². The second kappa shape index (κ2) is 12.2. The summed E-state index contributed by atoms with van der Waals surface area (Å²) in [5, 5.41) is 9.06. The van der Waals surface area contributed by atoms with Gasteiger partial charge in [0.15, 0.2) is 12.4 Å². The van der Waals surface area contributed by atoms with E-state index < -0.39 is 35.5 Å². The zero-order valence-electron chi connectivity index (χ0n) is 20.3. The number of nitrogens with one attached hydrogen (secondary N) is 1. The SMILES string of the molecule is N#Cc1ccc(OP(=O)(O)CNS(=O)(=O)c2cc3cc(OCCCC[n+]4ccccc4)cc(F)c3s2)cc1F. The van der Waals surface area contributed by atoms with Gasteiger partial charge < -0.3 is 14.2 Å². The van der Waals surface area contributed by atoms with Crippen LogP contribution in [0.4, 0.5) is 8.78 Å². The van der Waals surface area contributed by atoms with Crippen molar-refractivity contribution in [3.8, 4) is 17.6 Å². The van der Waals surface area contributed by atoms with E-state index in [0.717, 1.165) is 37.6 Å². The second-order valence-electron chi connectivity index (χ2n) is 8.35. The van der Waals surface area contributed by atoms with Crippen molar-refractivity contribution in [2.24, 2.45) is 0 Å². The van der Waals surface area contributed by atoms with Crippen LogP contribution >= 0.6 is 18.9 Å². The lowest BCUT2D eigenvalue weighted by molar-refractivity contribution is -0.697. The van der Waals surface area contributed by atoms with Crippen LogP contribution in [0.5, 0.6) is 11.5 Å². The number of rotatable bonds is 12. The van der Waals surface area contributed by atoms with E-state index in [2.05, 4.69) is 0 Å². The molecule has 0 fully saturated rings. The van der Waals surface area contributed by atoms with Crippen LogP contribution in [0.1, 0.15) is 18.4 Å². The average Bonchev–Trinajstić information content (AvgIpc) is 3.34. The molecule has 0 saturated heterocycles. The lowest BCUT2D eigenvalue weighted by Crippen LogP contribution is -2.32. The van der Waals surface area contributed by atoms with E-state index in [1.54, 1.807) is 6.07 Å². The third-order valence-electron chi connectivity index (χ3n) is 5.41. The topological polar surface area (TPSA) is 130 Å². The number of halogens is 2. The Bertz CT molecular complexity index is 1680. The van der Waals surface area contributed by atoms with E-state index in [9.17, 15) is 26.7 Å².